The first-order valence-corrected chi connectivity index (χ1v) is 5.66. The summed E-state index contributed by atoms with van der Waals surface area (Å²) in [6, 6.07) is 7.64. The maximum absolute atomic E-state index is 8.88. The Bertz CT molecular complexity index is 439. The summed E-state index contributed by atoms with van der Waals surface area (Å²) in [4.78, 5) is 0. The molecule has 0 saturated heterocycles. The predicted molar refractivity (Wildman–Crippen MR) is 61.2 cm³/mol. The largest absolute Gasteiger partial charge is 0.192 e. The van der Waals surface area contributed by atoms with Gasteiger partial charge in [0, 0.05) is 0 Å². The summed E-state index contributed by atoms with van der Waals surface area (Å²) in [5.74, 6) is 0. The Morgan fingerprint density at radius 2 is 1.71 bits per heavy atom. The highest BCUT2D eigenvalue weighted by Crippen LogP contribution is 2.32. The molecule has 0 heterocycles. The van der Waals surface area contributed by atoms with Gasteiger partial charge >= 0.3 is 0 Å². The van der Waals surface area contributed by atoms with Crippen molar-refractivity contribution in [3.05, 3.63) is 34.4 Å². The number of alkyl halides is 2. The summed E-state index contributed by atoms with van der Waals surface area (Å²) in [7, 11) is 0. The van der Waals surface area contributed by atoms with Gasteiger partial charge in [-0.15, -0.1) is 0 Å². The average Bonchev–Trinajstić information content (AvgIpc) is 2.16. The fraction of sp³-hybridized carbons (Fsp3) is 0.200. The van der Waals surface area contributed by atoms with Crippen LogP contribution >= 0.6 is 31.9 Å². The molecular weight excluding hydrogens is 308 g/mol. The molecule has 0 aliphatic heterocycles. The zero-order chi connectivity index (χ0) is 10.7. The van der Waals surface area contributed by atoms with Crippen LogP contribution in [0.3, 0.4) is 0 Å². The molecular formula is C10H6Br2N2. The minimum absolute atomic E-state index is 0.0997. The molecule has 0 aliphatic carbocycles. The Kier molecular flexibility index (Phi) is 3.69. The fourth-order valence-corrected chi connectivity index (χ4v) is 1.88. The van der Waals surface area contributed by atoms with Crippen LogP contribution in [-0.4, -0.2) is 0 Å². The summed E-state index contributed by atoms with van der Waals surface area (Å²) in [6.07, 6.45) is 0. The lowest BCUT2D eigenvalue weighted by Crippen LogP contribution is -1.93. The van der Waals surface area contributed by atoms with E-state index >= 15 is 0 Å². The van der Waals surface area contributed by atoms with Crippen LogP contribution in [0.4, 0.5) is 0 Å². The van der Waals surface area contributed by atoms with Gasteiger partial charge in [-0.2, -0.15) is 10.5 Å². The van der Waals surface area contributed by atoms with Crippen molar-refractivity contribution in [2.45, 2.75) is 10.7 Å². The second-order valence-corrected chi connectivity index (χ2v) is 5.84. The van der Waals surface area contributed by atoms with E-state index in [1.807, 2.05) is 6.92 Å². The molecule has 0 unspecified atom stereocenters. The molecule has 14 heavy (non-hydrogen) atoms. The van der Waals surface area contributed by atoms with Gasteiger partial charge in [0.15, 0.2) is 0 Å². The van der Waals surface area contributed by atoms with Crippen molar-refractivity contribution in [2.75, 3.05) is 0 Å². The quantitative estimate of drug-likeness (QED) is 0.745. The van der Waals surface area contributed by atoms with Crippen LogP contribution in [0.2, 0.25) is 0 Å². The van der Waals surface area contributed by atoms with Gasteiger partial charge in [-0.3, -0.25) is 0 Å². The molecule has 1 aromatic carbocycles. The van der Waals surface area contributed by atoms with E-state index in [0.29, 0.717) is 11.1 Å². The average molecular weight is 314 g/mol. The molecule has 0 atom stereocenters. The lowest BCUT2D eigenvalue weighted by Gasteiger charge is -2.07. The third-order valence-electron chi connectivity index (χ3n) is 1.87. The standard InChI is InChI=1S/C10H6Br2N2/c1-6-2-8(5-14)9(10(11)12)3-7(6)4-13/h2-3,10H,1H3. The molecule has 0 N–H and O–H groups in total. The minimum atomic E-state index is -0.0997. The van der Waals surface area contributed by atoms with Gasteiger partial charge in [-0.05, 0) is 30.2 Å². The Labute approximate surface area is 99.4 Å². The van der Waals surface area contributed by atoms with Gasteiger partial charge in [0.1, 0.15) is 0 Å². The first-order valence-electron chi connectivity index (χ1n) is 3.83. The Hall–Kier alpha value is -0.840. The van der Waals surface area contributed by atoms with Crippen LogP contribution in [0.15, 0.2) is 12.1 Å². The highest BCUT2D eigenvalue weighted by atomic mass is 79.9. The fourth-order valence-electron chi connectivity index (χ4n) is 1.12. The summed E-state index contributed by atoms with van der Waals surface area (Å²) in [6.45, 7) is 1.82. The van der Waals surface area contributed by atoms with E-state index in [0.717, 1.165) is 11.1 Å². The van der Waals surface area contributed by atoms with Crippen molar-refractivity contribution in [3.8, 4) is 12.1 Å². The zero-order valence-corrected chi connectivity index (χ0v) is 10.6. The molecule has 0 amide bonds. The van der Waals surface area contributed by atoms with Gasteiger partial charge in [0.2, 0.25) is 0 Å². The summed E-state index contributed by atoms with van der Waals surface area (Å²) in [5.41, 5.74) is 2.80. The van der Waals surface area contributed by atoms with Crippen molar-refractivity contribution in [3.63, 3.8) is 0 Å². The molecule has 0 spiro atoms. The van der Waals surface area contributed by atoms with Crippen molar-refractivity contribution >= 4 is 31.9 Å². The van der Waals surface area contributed by atoms with Crippen LogP contribution in [-0.2, 0) is 0 Å². The van der Waals surface area contributed by atoms with Crippen LogP contribution in [0.1, 0.15) is 26.0 Å². The Morgan fingerprint density at radius 1 is 1.14 bits per heavy atom. The van der Waals surface area contributed by atoms with E-state index < -0.39 is 0 Å². The first kappa shape index (κ1) is 11.2. The van der Waals surface area contributed by atoms with Gasteiger partial charge in [0.05, 0.1) is 27.0 Å². The Balaban J connectivity index is 3.44. The summed E-state index contributed by atoms with van der Waals surface area (Å²) < 4.78 is -0.0997. The number of aryl methyl sites for hydroxylation is 1. The van der Waals surface area contributed by atoms with Crippen LogP contribution in [0, 0.1) is 29.6 Å². The molecule has 0 aliphatic rings. The van der Waals surface area contributed by atoms with Crippen LogP contribution in [0.25, 0.3) is 0 Å². The Morgan fingerprint density at radius 3 is 2.14 bits per heavy atom. The molecule has 1 aromatic rings. The number of nitrogens with zero attached hydrogens (tertiary/aromatic N) is 2. The van der Waals surface area contributed by atoms with Crippen molar-refractivity contribution in [1.29, 1.82) is 10.5 Å². The van der Waals surface area contributed by atoms with Gasteiger partial charge in [-0.25, -0.2) is 0 Å². The van der Waals surface area contributed by atoms with E-state index in [2.05, 4.69) is 44.0 Å². The van der Waals surface area contributed by atoms with Crippen LogP contribution in [0.5, 0.6) is 0 Å². The predicted octanol–water partition coefficient (Wildman–Crippen LogP) is 3.53. The highest BCUT2D eigenvalue weighted by Gasteiger charge is 2.11. The topological polar surface area (TPSA) is 47.6 Å². The molecule has 0 radical (unpaired) electrons. The summed E-state index contributed by atoms with van der Waals surface area (Å²) in [5, 5.41) is 17.7. The second kappa shape index (κ2) is 4.59. The van der Waals surface area contributed by atoms with Gasteiger partial charge in [-0.1, -0.05) is 31.9 Å². The third kappa shape index (κ3) is 2.15. The van der Waals surface area contributed by atoms with Crippen molar-refractivity contribution in [2.24, 2.45) is 0 Å². The number of halogens is 2. The molecule has 0 bridgehead atoms. The molecule has 0 saturated carbocycles. The SMILES string of the molecule is Cc1cc(C#N)c(C(Br)Br)cc1C#N. The van der Waals surface area contributed by atoms with E-state index in [9.17, 15) is 0 Å². The molecule has 0 fully saturated rings. The molecule has 70 valence electrons. The third-order valence-corrected chi connectivity index (χ3v) is 2.86. The van der Waals surface area contributed by atoms with E-state index in [1.165, 1.54) is 0 Å². The number of hydrogen-bond donors (Lipinski definition) is 0. The smallest absolute Gasteiger partial charge is 0.0995 e. The van der Waals surface area contributed by atoms with Crippen LogP contribution < -0.4 is 0 Å². The minimum Gasteiger partial charge on any atom is -0.192 e. The zero-order valence-electron chi connectivity index (χ0n) is 7.38. The van der Waals surface area contributed by atoms with E-state index in [-0.39, 0.29) is 3.74 Å². The monoisotopic (exact) mass is 312 g/mol. The molecule has 2 nitrogen and oxygen atoms in total. The lowest BCUT2D eigenvalue weighted by atomic mass is 10.0. The first-order chi connectivity index (χ1) is 6.60. The van der Waals surface area contributed by atoms with Gasteiger partial charge < -0.3 is 0 Å². The lowest BCUT2D eigenvalue weighted by molar-refractivity contribution is 1.30. The molecule has 0 aromatic heterocycles. The van der Waals surface area contributed by atoms with Gasteiger partial charge in [0.25, 0.3) is 0 Å². The summed E-state index contributed by atoms with van der Waals surface area (Å²) >= 11 is 6.64. The normalized spacial score (nSPS) is 9.57. The number of nitriles is 2. The maximum Gasteiger partial charge on any atom is 0.0995 e. The van der Waals surface area contributed by atoms with Crippen molar-refractivity contribution in [1.82, 2.24) is 0 Å². The molecule has 4 heteroatoms. The maximum atomic E-state index is 8.88. The molecule has 1 rings (SSSR count). The second-order valence-electron chi connectivity index (χ2n) is 2.78. The number of benzene rings is 1. The number of rotatable bonds is 1. The number of hydrogen-bond acceptors (Lipinski definition) is 2. The van der Waals surface area contributed by atoms with Crippen molar-refractivity contribution < 1.29 is 0 Å². The highest BCUT2D eigenvalue weighted by molar-refractivity contribution is 9.24. The van der Waals surface area contributed by atoms with E-state index in [4.69, 9.17) is 10.5 Å². The van der Waals surface area contributed by atoms with E-state index in [1.54, 1.807) is 12.1 Å².